The Labute approximate surface area is 119 Å². The number of aliphatic carboxylic acids is 1. The van der Waals surface area contributed by atoms with Gasteiger partial charge in [0.2, 0.25) is 5.91 Å². The van der Waals surface area contributed by atoms with E-state index in [9.17, 15) is 9.59 Å². The summed E-state index contributed by atoms with van der Waals surface area (Å²) >= 11 is 12.9. The lowest BCUT2D eigenvalue weighted by molar-refractivity contribution is -0.140. The molecule has 1 rings (SSSR count). The number of carbonyl (C=O) groups excluding carboxylic acids is 1. The molecule has 0 spiro atoms. The van der Waals surface area contributed by atoms with Crippen molar-refractivity contribution < 1.29 is 14.7 Å². The smallest absolute Gasteiger partial charge is 0.325 e. The van der Waals surface area contributed by atoms with Crippen molar-refractivity contribution in [3.8, 4) is 0 Å². The Morgan fingerprint density at radius 1 is 1.33 bits per heavy atom. The summed E-state index contributed by atoms with van der Waals surface area (Å²) in [6, 6.07) is 4.07. The van der Waals surface area contributed by atoms with Crippen LogP contribution >= 0.6 is 35.0 Å². The number of nitrogens with one attached hydrogen (secondary N) is 1. The average Bonchev–Trinajstić information content (AvgIpc) is 2.25. The third-order valence-corrected chi connectivity index (χ3v) is 3.37. The molecule has 4 nitrogen and oxygen atoms in total. The van der Waals surface area contributed by atoms with Gasteiger partial charge >= 0.3 is 5.97 Å². The molecule has 0 saturated heterocycles. The molecule has 98 valence electrons. The molecule has 0 saturated carbocycles. The maximum atomic E-state index is 11.4. The fourth-order valence-electron chi connectivity index (χ4n) is 1.11. The van der Waals surface area contributed by atoms with Crippen LogP contribution < -0.4 is 5.32 Å². The molecule has 0 aromatic heterocycles. The maximum Gasteiger partial charge on any atom is 0.325 e. The summed E-state index contributed by atoms with van der Waals surface area (Å²) in [4.78, 5) is 22.7. The van der Waals surface area contributed by atoms with E-state index in [4.69, 9.17) is 28.3 Å². The predicted octanol–water partition coefficient (Wildman–Crippen LogP) is 2.67. The van der Waals surface area contributed by atoms with Crippen LogP contribution in [0.25, 0.3) is 0 Å². The molecule has 0 aliphatic carbocycles. The molecule has 1 unspecified atom stereocenters. The van der Waals surface area contributed by atoms with Crippen molar-refractivity contribution in [2.24, 2.45) is 0 Å². The molecular weight excluding hydrogens is 297 g/mol. The standard InChI is InChI=1S/C11H11Cl2NO3S/c1-6(11(16)17)14-10(15)5-18-9-3-7(12)2-8(13)4-9/h2-4,6H,5H2,1H3,(H,14,15)(H,16,17). The summed E-state index contributed by atoms with van der Waals surface area (Å²) in [5.41, 5.74) is 0. The van der Waals surface area contributed by atoms with Gasteiger partial charge in [-0.3, -0.25) is 9.59 Å². The molecule has 0 heterocycles. The normalized spacial score (nSPS) is 11.9. The zero-order chi connectivity index (χ0) is 13.7. The highest BCUT2D eigenvalue weighted by Crippen LogP contribution is 2.26. The third-order valence-electron chi connectivity index (χ3n) is 1.95. The number of hydrogen-bond donors (Lipinski definition) is 2. The second-order valence-electron chi connectivity index (χ2n) is 3.52. The number of rotatable bonds is 5. The van der Waals surface area contributed by atoms with Crippen LogP contribution in [0.2, 0.25) is 10.0 Å². The van der Waals surface area contributed by atoms with Crippen molar-refractivity contribution in [2.45, 2.75) is 17.9 Å². The molecule has 0 aliphatic heterocycles. The lowest BCUT2D eigenvalue weighted by Crippen LogP contribution is -2.39. The van der Waals surface area contributed by atoms with Crippen LogP contribution in [0.5, 0.6) is 0 Å². The van der Waals surface area contributed by atoms with E-state index in [1.807, 2.05) is 0 Å². The first-order valence-corrected chi connectivity index (χ1v) is 6.73. The van der Waals surface area contributed by atoms with Gasteiger partial charge in [-0.15, -0.1) is 11.8 Å². The van der Waals surface area contributed by atoms with Crippen molar-refractivity contribution in [3.05, 3.63) is 28.2 Å². The number of thioether (sulfide) groups is 1. The van der Waals surface area contributed by atoms with E-state index in [2.05, 4.69) is 5.32 Å². The lowest BCUT2D eigenvalue weighted by Gasteiger charge is -2.09. The number of carboxylic acids is 1. The van der Waals surface area contributed by atoms with E-state index < -0.39 is 12.0 Å². The first-order chi connectivity index (χ1) is 8.38. The van der Waals surface area contributed by atoms with Gasteiger partial charge in [0.15, 0.2) is 0 Å². The van der Waals surface area contributed by atoms with Gasteiger partial charge in [-0.25, -0.2) is 0 Å². The van der Waals surface area contributed by atoms with Crippen molar-refractivity contribution in [1.29, 1.82) is 0 Å². The lowest BCUT2D eigenvalue weighted by atomic mass is 10.3. The Morgan fingerprint density at radius 2 is 1.89 bits per heavy atom. The molecule has 1 aromatic carbocycles. The first-order valence-electron chi connectivity index (χ1n) is 4.99. The Kier molecular flexibility index (Phi) is 5.78. The molecule has 1 aromatic rings. The highest BCUT2D eigenvalue weighted by molar-refractivity contribution is 8.00. The number of carboxylic acid groups (broad SMARTS) is 1. The van der Waals surface area contributed by atoms with E-state index in [-0.39, 0.29) is 11.7 Å². The molecule has 0 fully saturated rings. The van der Waals surface area contributed by atoms with E-state index in [1.54, 1.807) is 18.2 Å². The van der Waals surface area contributed by atoms with E-state index >= 15 is 0 Å². The predicted molar refractivity (Wildman–Crippen MR) is 72.4 cm³/mol. The summed E-state index contributed by atoms with van der Waals surface area (Å²) < 4.78 is 0. The maximum absolute atomic E-state index is 11.4. The van der Waals surface area contributed by atoms with Gasteiger partial charge in [0.1, 0.15) is 6.04 Å². The highest BCUT2D eigenvalue weighted by atomic mass is 35.5. The van der Waals surface area contributed by atoms with Gasteiger partial charge in [0, 0.05) is 14.9 Å². The Morgan fingerprint density at radius 3 is 2.39 bits per heavy atom. The summed E-state index contributed by atoms with van der Waals surface area (Å²) in [6.45, 7) is 1.40. The zero-order valence-electron chi connectivity index (χ0n) is 9.44. The van der Waals surface area contributed by atoms with Gasteiger partial charge in [0.25, 0.3) is 0 Å². The van der Waals surface area contributed by atoms with Gasteiger partial charge in [0.05, 0.1) is 5.75 Å². The number of benzene rings is 1. The summed E-state index contributed by atoms with van der Waals surface area (Å²) in [7, 11) is 0. The molecule has 7 heteroatoms. The third kappa shape index (κ3) is 5.16. The Hall–Kier alpha value is -0.910. The summed E-state index contributed by atoms with van der Waals surface area (Å²) in [6.07, 6.45) is 0. The quantitative estimate of drug-likeness (QED) is 0.821. The number of amides is 1. The Balaban J connectivity index is 2.50. The van der Waals surface area contributed by atoms with Crippen LogP contribution in [0, 0.1) is 0 Å². The highest BCUT2D eigenvalue weighted by Gasteiger charge is 2.13. The zero-order valence-corrected chi connectivity index (χ0v) is 11.8. The molecule has 0 bridgehead atoms. The van der Waals surface area contributed by atoms with E-state index in [0.717, 1.165) is 4.90 Å². The molecule has 18 heavy (non-hydrogen) atoms. The van der Waals surface area contributed by atoms with Crippen molar-refractivity contribution in [2.75, 3.05) is 5.75 Å². The number of halogens is 2. The van der Waals surface area contributed by atoms with Crippen molar-refractivity contribution in [3.63, 3.8) is 0 Å². The Bertz CT molecular complexity index is 447. The van der Waals surface area contributed by atoms with Gasteiger partial charge in [-0.2, -0.15) is 0 Å². The fraction of sp³-hybridized carbons (Fsp3) is 0.273. The fourth-order valence-corrected chi connectivity index (χ4v) is 2.56. The van der Waals surface area contributed by atoms with Gasteiger partial charge in [-0.1, -0.05) is 23.2 Å². The van der Waals surface area contributed by atoms with Gasteiger partial charge in [-0.05, 0) is 25.1 Å². The molecule has 0 radical (unpaired) electrons. The van der Waals surface area contributed by atoms with Gasteiger partial charge < -0.3 is 10.4 Å². The monoisotopic (exact) mass is 307 g/mol. The average molecular weight is 308 g/mol. The minimum atomic E-state index is -1.07. The molecule has 0 aliphatic rings. The minimum Gasteiger partial charge on any atom is -0.480 e. The van der Waals surface area contributed by atoms with Crippen LogP contribution in [0.1, 0.15) is 6.92 Å². The molecule has 2 N–H and O–H groups in total. The van der Waals surface area contributed by atoms with Crippen LogP contribution in [-0.4, -0.2) is 28.8 Å². The minimum absolute atomic E-state index is 0.105. The topological polar surface area (TPSA) is 66.4 Å². The van der Waals surface area contributed by atoms with Crippen LogP contribution in [0.15, 0.2) is 23.1 Å². The molecular formula is C11H11Cl2NO3S. The van der Waals surface area contributed by atoms with Crippen LogP contribution in [0.4, 0.5) is 0 Å². The largest absolute Gasteiger partial charge is 0.480 e. The van der Waals surface area contributed by atoms with Crippen LogP contribution in [0.3, 0.4) is 0 Å². The van der Waals surface area contributed by atoms with E-state index in [0.29, 0.717) is 10.0 Å². The molecule has 1 atom stereocenters. The SMILES string of the molecule is CC(NC(=O)CSc1cc(Cl)cc(Cl)c1)C(=O)O. The second-order valence-corrected chi connectivity index (χ2v) is 5.44. The molecule has 1 amide bonds. The second kappa shape index (κ2) is 6.87. The van der Waals surface area contributed by atoms with E-state index in [1.165, 1.54) is 18.7 Å². The number of carbonyl (C=O) groups is 2. The first kappa shape index (κ1) is 15.1. The van der Waals surface area contributed by atoms with Crippen molar-refractivity contribution in [1.82, 2.24) is 5.32 Å². The number of hydrogen-bond acceptors (Lipinski definition) is 3. The van der Waals surface area contributed by atoms with Crippen molar-refractivity contribution >= 4 is 46.8 Å². The summed E-state index contributed by atoms with van der Waals surface area (Å²) in [5.74, 6) is -1.32. The summed E-state index contributed by atoms with van der Waals surface area (Å²) in [5, 5.41) is 12.0. The van der Waals surface area contributed by atoms with Crippen LogP contribution in [-0.2, 0) is 9.59 Å².